The number of thiophene rings is 1. The lowest BCUT2D eigenvalue weighted by Gasteiger charge is -2.25. The van der Waals surface area contributed by atoms with Crippen molar-refractivity contribution in [2.24, 2.45) is 21.8 Å². The lowest BCUT2D eigenvalue weighted by molar-refractivity contribution is 0.149. The number of aliphatic hydroxyl groups is 2. The zero-order chi connectivity index (χ0) is 28.2. The van der Waals surface area contributed by atoms with Gasteiger partial charge in [-0.2, -0.15) is 0 Å². The van der Waals surface area contributed by atoms with Crippen molar-refractivity contribution in [3.63, 3.8) is 0 Å². The summed E-state index contributed by atoms with van der Waals surface area (Å²) in [5.41, 5.74) is 1.95. The van der Waals surface area contributed by atoms with Crippen molar-refractivity contribution in [1.82, 2.24) is 0 Å². The van der Waals surface area contributed by atoms with E-state index in [-0.39, 0.29) is 23.2 Å². The van der Waals surface area contributed by atoms with E-state index in [1.807, 2.05) is 24.2 Å². The van der Waals surface area contributed by atoms with Gasteiger partial charge in [0.25, 0.3) is 0 Å². The molecule has 1 aromatic rings. The molecule has 0 fully saturated rings. The summed E-state index contributed by atoms with van der Waals surface area (Å²) in [4.78, 5) is 13.3. The Bertz CT molecular complexity index is 1070. The van der Waals surface area contributed by atoms with Crippen LogP contribution >= 0.6 is 23.1 Å². The SMILES string of the molecule is CCCCCCC1=CCC(C(O)CC2C=CN=C(C3=C[C@H](CC(O)c4ccc(CCCCCC)s4)CC=N3)C2)S1. The number of hydrogen-bond acceptors (Lipinski definition) is 6. The second kappa shape index (κ2) is 16.8. The van der Waals surface area contributed by atoms with Crippen LogP contribution in [0.5, 0.6) is 0 Å². The third kappa shape index (κ3) is 9.82. The van der Waals surface area contributed by atoms with Crippen LogP contribution in [0.3, 0.4) is 0 Å². The predicted octanol–water partition coefficient (Wildman–Crippen LogP) is 9.35. The molecule has 0 saturated carbocycles. The van der Waals surface area contributed by atoms with E-state index in [1.165, 1.54) is 67.6 Å². The zero-order valence-corrected chi connectivity index (χ0v) is 26.3. The van der Waals surface area contributed by atoms with E-state index in [4.69, 9.17) is 4.99 Å². The minimum absolute atomic E-state index is 0.256. The third-order valence-electron chi connectivity index (χ3n) is 8.32. The number of unbranched alkanes of at least 4 members (excludes halogenated alkanes) is 6. The fraction of sp³-hybridized carbons (Fsp3) is 0.647. The van der Waals surface area contributed by atoms with Gasteiger partial charge in [0, 0.05) is 27.4 Å². The van der Waals surface area contributed by atoms with Gasteiger partial charge in [0.05, 0.1) is 23.6 Å². The summed E-state index contributed by atoms with van der Waals surface area (Å²) >= 11 is 3.68. The molecule has 5 atom stereocenters. The standard InChI is InChI=1S/C34H50N2O2S2/c1-3-5-7-9-11-27-13-15-33(39-27)31(37)23-25-17-19-35-29(21-25)30-22-26(18-20-36-30)24-32(38)34-16-14-28(40-34)12-10-8-6-4-2/h13-15,18-21,25-26,31-32,34,37-38H,3-12,16-17,22-24H2,1-2H3/t25-,26?,31?,32?,34?/m1/s1. The number of hydrogen-bond donors (Lipinski definition) is 2. The number of aliphatic imine (C=N–C) groups is 2. The van der Waals surface area contributed by atoms with Gasteiger partial charge in [0.15, 0.2) is 0 Å². The lowest BCUT2D eigenvalue weighted by Crippen LogP contribution is -2.26. The molecule has 40 heavy (non-hydrogen) atoms. The lowest BCUT2D eigenvalue weighted by atomic mass is 9.88. The summed E-state index contributed by atoms with van der Waals surface area (Å²) in [6.45, 7) is 4.50. The maximum atomic E-state index is 11.0. The Kier molecular flexibility index (Phi) is 13.2. The van der Waals surface area contributed by atoms with E-state index >= 15 is 0 Å². The monoisotopic (exact) mass is 582 g/mol. The van der Waals surface area contributed by atoms with Crippen molar-refractivity contribution in [2.45, 2.75) is 128 Å². The van der Waals surface area contributed by atoms with Gasteiger partial charge in [-0.05, 0) is 86.7 Å². The van der Waals surface area contributed by atoms with Crippen LogP contribution in [0.4, 0.5) is 0 Å². The topological polar surface area (TPSA) is 65.2 Å². The molecule has 4 unspecified atom stereocenters. The van der Waals surface area contributed by atoms with Crippen molar-refractivity contribution >= 4 is 35.0 Å². The number of thioether (sulfide) groups is 1. The molecule has 0 bridgehead atoms. The molecule has 3 aliphatic heterocycles. The molecule has 0 radical (unpaired) electrons. The Balaban J connectivity index is 1.23. The first kappa shape index (κ1) is 31.5. The van der Waals surface area contributed by atoms with Gasteiger partial charge in [0.1, 0.15) is 0 Å². The Labute approximate surface area is 250 Å². The fourth-order valence-corrected chi connectivity index (χ4v) is 8.23. The first-order valence-corrected chi connectivity index (χ1v) is 17.5. The molecule has 0 aromatic carbocycles. The summed E-state index contributed by atoms with van der Waals surface area (Å²) < 4.78 is 0. The summed E-state index contributed by atoms with van der Waals surface area (Å²) in [5.74, 6) is 0.535. The molecule has 0 saturated heterocycles. The van der Waals surface area contributed by atoms with Gasteiger partial charge in [-0.25, -0.2) is 0 Å². The van der Waals surface area contributed by atoms with Crippen LogP contribution in [0.25, 0.3) is 0 Å². The van der Waals surface area contributed by atoms with E-state index in [9.17, 15) is 10.2 Å². The molecule has 3 aliphatic rings. The molecular formula is C34H50N2O2S2. The van der Waals surface area contributed by atoms with E-state index < -0.39 is 6.10 Å². The highest BCUT2D eigenvalue weighted by Gasteiger charge is 2.29. The highest BCUT2D eigenvalue weighted by molar-refractivity contribution is 8.03. The Morgan fingerprint density at radius 1 is 0.925 bits per heavy atom. The highest BCUT2D eigenvalue weighted by Crippen LogP contribution is 2.39. The molecule has 0 spiro atoms. The van der Waals surface area contributed by atoms with Crippen LogP contribution in [0.1, 0.15) is 120 Å². The van der Waals surface area contributed by atoms with Gasteiger partial charge < -0.3 is 10.2 Å². The van der Waals surface area contributed by atoms with Crippen LogP contribution in [-0.4, -0.2) is 33.5 Å². The zero-order valence-electron chi connectivity index (χ0n) is 24.6. The smallest absolute Gasteiger partial charge is 0.0887 e. The molecule has 6 heteroatoms. The van der Waals surface area contributed by atoms with Crippen molar-refractivity contribution in [3.05, 3.63) is 56.9 Å². The summed E-state index contributed by atoms with van der Waals surface area (Å²) in [7, 11) is 0. The van der Waals surface area contributed by atoms with Crippen molar-refractivity contribution < 1.29 is 10.2 Å². The third-order valence-corrected chi connectivity index (χ3v) is 11.0. The molecule has 4 nitrogen and oxygen atoms in total. The van der Waals surface area contributed by atoms with Crippen LogP contribution in [0.15, 0.2) is 57.1 Å². The Morgan fingerprint density at radius 3 is 2.52 bits per heavy atom. The molecule has 4 rings (SSSR count). The summed E-state index contributed by atoms with van der Waals surface area (Å²) in [6.07, 6.45) is 26.5. The van der Waals surface area contributed by atoms with Gasteiger partial charge in [-0.15, -0.1) is 23.1 Å². The van der Waals surface area contributed by atoms with Crippen LogP contribution < -0.4 is 0 Å². The second-order valence-electron chi connectivity index (χ2n) is 11.8. The predicted molar refractivity (Wildman–Crippen MR) is 175 cm³/mol. The summed E-state index contributed by atoms with van der Waals surface area (Å²) in [5, 5.41) is 22.3. The molecular weight excluding hydrogens is 533 g/mol. The number of allylic oxidation sites excluding steroid dienone is 5. The molecule has 4 heterocycles. The van der Waals surface area contributed by atoms with Gasteiger partial charge >= 0.3 is 0 Å². The van der Waals surface area contributed by atoms with E-state index in [2.05, 4.69) is 49.2 Å². The molecule has 0 aliphatic carbocycles. The first-order valence-electron chi connectivity index (χ1n) is 15.8. The number of rotatable bonds is 17. The van der Waals surface area contributed by atoms with Crippen LogP contribution in [-0.2, 0) is 6.42 Å². The molecule has 2 N–H and O–H groups in total. The molecule has 220 valence electrons. The Hall–Kier alpha value is -1.47. The fourth-order valence-electron chi connectivity index (χ4n) is 5.87. The number of nitrogens with zero attached hydrogens (tertiary/aromatic N) is 2. The summed E-state index contributed by atoms with van der Waals surface area (Å²) in [6, 6.07) is 4.32. The normalized spacial score (nSPS) is 24.1. The maximum Gasteiger partial charge on any atom is 0.0887 e. The average Bonchev–Trinajstić information content (AvgIpc) is 3.64. The van der Waals surface area contributed by atoms with Gasteiger partial charge in [0.2, 0.25) is 0 Å². The van der Waals surface area contributed by atoms with Gasteiger partial charge in [-0.1, -0.05) is 70.6 Å². The van der Waals surface area contributed by atoms with Gasteiger partial charge in [-0.3, -0.25) is 9.98 Å². The number of aliphatic hydroxyl groups excluding tert-OH is 2. The van der Waals surface area contributed by atoms with Crippen molar-refractivity contribution in [3.8, 4) is 0 Å². The van der Waals surface area contributed by atoms with Crippen molar-refractivity contribution in [1.29, 1.82) is 0 Å². The average molecular weight is 583 g/mol. The van der Waals surface area contributed by atoms with Crippen molar-refractivity contribution in [2.75, 3.05) is 0 Å². The van der Waals surface area contributed by atoms with E-state index in [0.29, 0.717) is 6.42 Å². The quantitative estimate of drug-likeness (QED) is 0.180. The van der Waals surface area contributed by atoms with E-state index in [0.717, 1.165) is 48.4 Å². The highest BCUT2D eigenvalue weighted by atomic mass is 32.2. The minimum atomic E-state index is -0.437. The first-order chi connectivity index (χ1) is 19.6. The Morgan fingerprint density at radius 2 is 1.73 bits per heavy atom. The molecule has 1 aromatic heterocycles. The largest absolute Gasteiger partial charge is 0.392 e. The maximum absolute atomic E-state index is 11.0. The number of aryl methyl sites for hydroxylation is 1. The van der Waals surface area contributed by atoms with Crippen LogP contribution in [0.2, 0.25) is 0 Å². The van der Waals surface area contributed by atoms with Crippen LogP contribution in [0, 0.1) is 11.8 Å². The minimum Gasteiger partial charge on any atom is -0.392 e. The molecule has 0 amide bonds. The second-order valence-corrected chi connectivity index (χ2v) is 14.3. The van der Waals surface area contributed by atoms with E-state index in [1.54, 1.807) is 11.3 Å².